The summed E-state index contributed by atoms with van der Waals surface area (Å²) in [6.07, 6.45) is 0.889. The Hall–Kier alpha value is -4.42. The van der Waals surface area contributed by atoms with Gasteiger partial charge in [-0.2, -0.15) is 0 Å². The fourth-order valence-corrected chi connectivity index (χ4v) is 2.33. The number of non-ortho nitro benzene ring substituents is 1. The molecule has 0 N–H and O–H groups in total. The lowest BCUT2D eigenvalue weighted by Gasteiger charge is -2.04. The summed E-state index contributed by atoms with van der Waals surface area (Å²) in [7, 11) is 1.21. The van der Waals surface area contributed by atoms with Crippen LogP contribution in [0.3, 0.4) is 0 Å². The van der Waals surface area contributed by atoms with Gasteiger partial charge in [-0.05, 0) is 17.7 Å². The van der Waals surface area contributed by atoms with E-state index in [2.05, 4.69) is 0 Å². The first-order valence-electron chi connectivity index (χ1n) is 7.27. The molecule has 0 unspecified atom stereocenters. The minimum atomic E-state index is -0.990. The molecule has 2 aromatic carbocycles. The lowest BCUT2D eigenvalue weighted by atomic mass is 10.1. The molecule has 28 heavy (non-hydrogen) atoms. The Labute approximate surface area is 155 Å². The Balaban J connectivity index is 2.69. The second-order valence-electron chi connectivity index (χ2n) is 5.19. The van der Waals surface area contributed by atoms with Crippen molar-refractivity contribution in [2.75, 3.05) is 7.11 Å². The highest BCUT2D eigenvalue weighted by Crippen LogP contribution is 2.33. The van der Waals surface area contributed by atoms with Gasteiger partial charge in [-0.25, -0.2) is 0 Å². The minimum absolute atomic E-state index is 0.00634. The number of rotatable bonds is 7. The second-order valence-corrected chi connectivity index (χ2v) is 5.19. The SMILES string of the molecule is COc1ccc(/C=C(\c2ccc([N+](=O)[O-])cc2[N+](=O)[O-])[N+](=O)[O-])cc1[N+](=O)[O-]. The van der Waals surface area contributed by atoms with Gasteiger partial charge in [-0.3, -0.25) is 40.5 Å². The van der Waals surface area contributed by atoms with Gasteiger partial charge in [0.25, 0.3) is 17.1 Å². The number of nitro groups is 4. The molecular formula is C15H10N4O9. The van der Waals surface area contributed by atoms with Crippen LogP contribution in [0.5, 0.6) is 5.75 Å². The molecule has 144 valence electrons. The maximum Gasteiger partial charge on any atom is 0.311 e. The lowest BCUT2D eigenvalue weighted by Crippen LogP contribution is -2.03. The fourth-order valence-electron chi connectivity index (χ4n) is 2.33. The lowest BCUT2D eigenvalue weighted by molar-refractivity contribution is -0.397. The van der Waals surface area contributed by atoms with Crippen LogP contribution in [-0.2, 0) is 0 Å². The van der Waals surface area contributed by atoms with Crippen molar-refractivity contribution in [3.63, 3.8) is 0 Å². The maximum atomic E-state index is 11.5. The number of ether oxygens (including phenoxy) is 1. The first kappa shape index (κ1) is 19.9. The van der Waals surface area contributed by atoms with Crippen LogP contribution in [0.2, 0.25) is 0 Å². The van der Waals surface area contributed by atoms with Crippen molar-refractivity contribution >= 4 is 28.8 Å². The van der Waals surface area contributed by atoms with Crippen molar-refractivity contribution in [2.45, 2.75) is 0 Å². The van der Waals surface area contributed by atoms with Crippen LogP contribution in [0, 0.1) is 40.5 Å². The standard InChI is InChI=1S/C15H10N4O9/c1-28-15-5-2-9(7-14(15)19(26)27)6-12(17(22)23)11-4-3-10(16(20)21)8-13(11)18(24)25/h2-8H,1H3/b12-6+. The predicted octanol–water partition coefficient (Wildman–Crippen LogP) is 3.19. The van der Waals surface area contributed by atoms with Gasteiger partial charge in [-0.15, -0.1) is 0 Å². The van der Waals surface area contributed by atoms with E-state index in [0.29, 0.717) is 6.07 Å². The molecule has 2 aromatic rings. The molecule has 0 atom stereocenters. The Bertz CT molecular complexity index is 1030. The van der Waals surface area contributed by atoms with E-state index in [-0.39, 0.29) is 11.3 Å². The smallest absolute Gasteiger partial charge is 0.311 e. The Morgan fingerprint density at radius 1 is 0.857 bits per heavy atom. The van der Waals surface area contributed by atoms with Crippen molar-refractivity contribution in [2.24, 2.45) is 0 Å². The monoisotopic (exact) mass is 390 g/mol. The van der Waals surface area contributed by atoms with E-state index in [0.717, 1.165) is 24.3 Å². The number of methoxy groups -OCH3 is 1. The number of hydrogen-bond donors (Lipinski definition) is 0. The summed E-state index contributed by atoms with van der Waals surface area (Å²) < 4.78 is 4.84. The molecule has 0 aliphatic rings. The highest BCUT2D eigenvalue weighted by atomic mass is 16.6. The molecule has 0 aromatic heterocycles. The summed E-state index contributed by atoms with van der Waals surface area (Å²) in [4.78, 5) is 41.0. The van der Waals surface area contributed by atoms with E-state index in [4.69, 9.17) is 4.74 Å². The molecular weight excluding hydrogens is 380 g/mol. The van der Waals surface area contributed by atoms with E-state index in [9.17, 15) is 40.5 Å². The summed E-state index contributed by atoms with van der Waals surface area (Å²) in [5.41, 5.74) is -3.16. The average Bonchev–Trinajstić information content (AvgIpc) is 2.65. The van der Waals surface area contributed by atoms with E-state index in [1.807, 2.05) is 0 Å². The zero-order valence-electron chi connectivity index (χ0n) is 14.0. The van der Waals surface area contributed by atoms with Gasteiger partial charge in [-0.1, -0.05) is 6.07 Å². The highest BCUT2D eigenvalue weighted by molar-refractivity contribution is 5.82. The molecule has 13 heteroatoms. The average molecular weight is 390 g/mol. The van der Waals surface area contributed by atoms with Gasteiger partial charge in [0, 0.05) is 18.2 Å². The normalized spacial score (nSPS) is 11.0. The Morgan fingerprint density at radius 2 is 1.50 bits per heavy atom. The van der Waals surface area contributed by atoms with Crippen LogP contribution in [0.1, 0.15) is 11.1 Å². The molecule has 0 amide bonds. The van der Waals surface area contributed by atoms with E-state index in [1.165, 1.54) is 19.2 Å². The maximum absolute atomic E-state index is 11.5. The summed E-state index contributed by atoms with van der Waals surface area (Å²) in [5, 5.41) is 44.6. The van der Waals surface area contributed by atoms with Crippen molar-refractivity contribution in [3.8, 4) is 5.75 Å². The summed E-state index contributed by atoms with van der Waals surface area (Å²) in [5.74, 6) is -0.0777. The quantitative estimate of drug-likeness (QED) is 0.389. The van der Waals surface area contributed by atoms with Gasteiger partial charge in [0.15, 0.2) is 5.75 Å². The topological polar surface area (TPSA) is 182 Å². The van der Waals surface area contributed by atoms with Crippen LogP contribution >= 0.6 is 0 Å². The van der Waals surface area contributed by atoms with Gasteiger partial charge >= 0.3 is 5.69 Å². The van der Waals surface area contributed by atoms with E-state index >= 15 is 0 Å². The predicted molar refractivity (Wildman–Crippen MR) is 94.3 cm³/mol. The zero-order chi connectivity index (χ0) is 21.0. The molecule has 0 aliphatic carbocycles. The van der Waals surface area contributed by atoms with Crippen LogP contribution in [0.4, 0.5) is 17.1 Å². The van der Waals surface area contributed by atoms with Gasteiger partial charge in [0.1, 0.15) is 5.56 Å². The molecule has 0 aliphatic heterocycles. The number of benzene rings is 2. The summed E-state index contributed by atoms with van der Waals surface area (Å²) >= 11 is 0. The first-order chi connectivity index (χ1) is 13.1. The van der Waals surface area contributed by atoms with Crippen LogP contribution in [0.25, 0.3) is 11.8 Å². The third-order valence-corrected chi connectivity index (χ3v) is 3.56. The minimum Gasteiger partial charge on any atom is -0.490 e. The first-order valence-corrected chi connectivity index (χ1v) is 7.27. The fraction of sp³-hybridized carbons (Fsp3) is 0.0667. The molecule has 0 heterocycles. The Morgan fingerprint density at radius 3 is 2.00 bits per heavy atom. The molecule has 0 saturated carbocycles. The molecule has 2 rings (SSSR count). The van der Waals surface area contributed by atoms with E-state index < -0.39 is 48.0 Å². The van der Waals surface area contributed by atoms with Crippen molar-refractivity contribution in [1.82, 2.24) is 0 Å². The van der Waals surface area contributed by atoms with Gasteiger partial charge in [0.05, 0.1) is 32.9 Å². The van der Waals surface area contributed by atoms with Crippen LogP contribution < -0.4 is 4.74 Å². The summed E-state index contributed by atoms with van der Waals surface area (Å²) in [6, 6.07) is 5.86. The third kappa shape index (κ3) is 4.04. The number of nitro benzene ring substituents is 3. The molecule has 0 bridgehead atoms. The molecule has 0 fully saturated rings. The molecule has 0 radical (unpaired) electrons. The highest BCUT2D eigenvalue weighted by Gasteiger charge is 2.28. The van der Waals surface area contributed by atoms with Crippen molar-refractivity contribution in [3.05, 3.63) is 88.0 Å². The van der Waals surface area contributed by atoms with Gasteiger partial charge < -0.3 is 4.74 Å². The largest absolute Gasteiger partial charge is 0.490 e. The third-order valence-electron chi connectivity index (χ3n) is 3.56. The zero-order valence-corrected chi connectivity index (χ0v) is 14.0. The van der Waals surface area contributed by atoms with Gasteiger partial charge in [0.2, 0.25) is 0 Å². The molecule has 13 nitrogen and oxygen atoms in total. The number of hydrogen-bond acceptors (Lipinski definition) is 9. The van der Waals surface area contributed by atoms with E-state index in [1.54, 1.807) is 0 Å². The molecule has 0 spiro atoms. The second kappa shape index (κ2) is 7.86. The van der Waals surface area contributed by atoms with Crippen LogP contribution in [-0.4, -0.2) is 26.8 Å². The van der Waals surface area contributed by atoms with Crippen molar-refractivity contribution in [1.29, 1.82) is 0 Å². The van der Waals surface area contributed by atoms with Crippen LogP contribution in [0.15, 0.2) is 36.4 Å². The van der Waals surface area contributed by atoms with Crippen molar-refractivity contribution < 1.29 is 24.4 Å². The number of nitrogens with zero attached hydrogens (tertiary/aromatic N) is 4. The Kier molecular flexibility index (Phi) is 5.58. The molecule has 0 saturated heterocycles. The summed E-state index contributed by atoms with van der Waals surface area (Å²) in [6.45, 7) is 0.